The second kappa shape index (κ2) is 8.46. The normalized spacial score (nSPS) is 14.1. The Hall–Kier alpha value is -4.17. The predicted molar refractivity (Wildman–Crippen MR) is 115 cm³/mol. The van der Waals surface area contributed by atoms with Gasteiger partial charge in [-0.05, 0) is 17.2 Å². The van der Waals surface area contributed by atoms with Crippen LogP contribution in [0.15, 0.2) is 90.5 Å². The van der Waals surface area contributed by atoms with Crippen LogP contribution in [0, 0.1) is 11.3 Å². The topological polar surface area (TPSA) is 73.2 Å². The number of amides is 2. The monoisotopic (exact) mass is 393 g/mol. The lowest BCUT2D eigenvalue weighted by Gasteiger charge is -2.17. The van der Waals surface area contributed by atoms with Gasteiger partial charge in [0.2, 0.25) is 0 Å². The summed E-state index contributed by atoms with van der Waals surface area (Å²) in [4.78, 5) is 27.7. The molecule has 0 unspecified atom stereocenters. The molecule has 146 valence electrons. The van der Waals surface area contributed by atoms with Crippen LogP contribution in [-0.2, 0) is 22.7 Å². The molecule has 3 aromatic carbocycles. The Morgan fingerprint density at radius 3 is 2.13 bits per heavy atom. The summed E-state index contributed by atoms with van der Waals surface area (Å²) in [6.45, 7) is 0.645. The molecule has 0 aromatic heterocycles. The van der Waals surface area contributed by atoms with Crippen LogP contribution in [0.1, 0.15) is 16.7 Å². The maximum absolute atomic E-state index is 13.3. The lowest BCUT2D eigenvalue weighted by molar-refractivity contribution is -0.118. The second-order valence-corrected chi connectivity index (χ2v) is 6.92. The molecule has 0 fully saturated rings. The maximum Gasteiger partial charge on any atom is 0.263 e. The third-order valence-electron chi connectivity index (χ3n) is 4.99. The molecule has 4 rings (SSSR count). The Morgan fingerprint density at radius 2 is 1.47 bits per heavy atom. The van der Waals surface area contributed by atoms with Crippen molar-refractivity contribution in [2.24, 2.45) is 0 Å². The van der Waals surface area contributed by atoms with E-state index in [1.165, 1.54) is 0 Å². The Labute approximate surface area is 174 Å². The zero-order valence-corrected chi connectivity index (χ0v) is 16.2. The number of nitrogens with one attached hydrogen (secondary N) is 1. The summed E-state index contributed by atoms with van der Waals surface area (Å²) in [6.07, 6.45) is 0. The van der Waals surface area contributed by atoms with Crippen LogP contribution in [-0.4, -0.2) is 11.8 Å². The number of fused-ring (bicyclic) bond motifs is 1. The zero-order valence-electron chi connectivity index (χ0n) is 16.2. The minimum Gasteiger partial charge on any atom is -0.347 e. The van der Waals surface area contributed by atoms with E-state index in [4.69, 9.17) is 0 Å². The fourth-order valence-corrected chi connectivity index (χ4v) is 3.53. The van der Waals surface area contributed by atoms with Gasteiger partial charge in [-0.15, -0.1) is 0 Å². The fraction of sp³-hybridized carbons (Fsp3) is 0.0800. The van der Waals surface area contributed by atoms with Crippen LogP contribution in [0.3, 0.4) is 0 Å². The lowest BCUT2D eigenvalue weighted by Crippen LogP contribution is -2.29. The van der Waals surface area contributed by atoms with Crippen LogP contribution in [0.5, 0.6) is 0 Å². The van der Waals surface area contributed by atoms with Gasteiger partial charge >= 0.3 is 0 Å². The third kappa shape index (κ3) is 3.71. The number of anilines is 1. The number of rotatable bonds is 5. The van der Waals surface area contributed by atoms with Crippen molar-refractivity contribution >= 4 is 23.1 Å². The van der Waals surface area contributed by atoms with Crippen molar-refractivity contribution in [2.45, 2.75) is 13.1 Å². The van der Waals surface area contributed by atoms with E-state index in [1.807, 2.05) is 78.9 Å². The first-order chi connectivity index (χ1) is 14.7. The Kier molecular flexibility index (Phi) is 5.40. The average Bonchev–Trinajstić information content (AvgIpc) is 3.06. The number of nitriles is 1. The summed E-state index contributed by atoms with van der Waals surface area (Å²) in [5.41, 5.74) is 3.16. The molecule has 1 aliphatic heterocycles. The fourth-order valence-electron chi connectivity index (χ4n) is 3.53. The van der Waals surface area contributed by atoms with Gasteiger partial charge in [0.15, 0.2) is 0 Å². The van der Waals surface area contributed by atoms with Crippen molar-refractivity contribution < 1.29 is 9.59 Å². The SMILES string of the molecule is N#C/C(C(=O)NCc1ccccc1)=C1/C(=O)N(Cc2ccccc2)c2ccccc21. The number of carbonyl (C=O) groups excluding carboxylic acids is 2. The minimum absolute atomic E-state index is 0.148. The number of benzene rings is 3. The van der Waals surface area contributed by atoms with Gasteiger partial charge in [-0.2, -0.15) is 5.26 Å². The highest BCUT2D eigenvalue weighted by molar-refractivity contribution is 6.37. The summed E-state index contributed by atoms with van der Waals surface area (Å²) >= 11 is 0. The first-order valence-electron chi connectivity index (χ1n) is 9.60. The van der Waals surface area contributed by atoms with E-state index in [-0.39, 0.29) is 23.6 Å². The molecule has 2 amide bonds. The van der Waals surface area contributed by atoms with Crippen LogP contribution < -0.4 is 10.2 Å². The van der Waals surface area contributed by atoms with E-state index in [1.54, 1.807) is 17.0 Å². The molecule has 0 bridgehead atoms. The van der Waals surface area contributed by atoms with Crippen LogP contribution >= 0.6 is 0 Å². The van der Waals surface area contributed by atoms with E-state index < -0.39 is 5.91 Å². The van der Waals surface area contributed by atoms with Gasteiger partial charge in [0, 0.05) is 12.1 Å². The van der Waals surface area contributed by atoms with E-state index in [9.17, 15) is 14.9 Å². The Bertz CT molecular complexity index is 1160. The number of para-hydroxylation sites is 1. The standard InChI is InChI=1S/C25H19N3O2/c26-15-21(24(29)27-16-18-9-3-1-4-10-18)23-20-13-7-8-14-22(20)28(25(23)30)17-19-11-5-2-6-12-19/h1-14H,16-17H2,(H,27,29)/b23-21-. The van der Waals surface area contributed by atoms with E-state index in [2.05, 4.69) is 5.32 Å². The summed E-state index contributed by atoms with van der Waals surface area (Å²) in [7, 11) is 0. The molecule has 0 radical (unpaired) electrons. The van der Waals surface area contributed by atoms with Gasteiger partial charge in [-0.3, -0.25) is 9.59 Å². The zero-order chi connectivity index (χ0) is 20.9. The molecule has 1 heterocycles. The highest BCUT2D eigenvalue weighted by Gasteiger charge is 2.36. The summed E-state index contributed by atoms with van der Waals surface area (Å²) in [5.74, 6) is -0.896. The maximum atomic E-state index is 13.3. The summed E-state index contributed by atoms with van der Waals surface area (Å²) in [5, 5.41) is 12.5. The molecule has 0 spiro atoms. The molecule has 0 saturated carbocycles. The molecule has 30 heavy (non-hydrogen) atoms. The van der Waals surface area contributed by atoms with Gasteiger partial charge < -0.3 is 10.2 Å². The van der Waals surface area contributed by atoms with Gasteiger partial charge in [0.1, 0.15) is 11.6 Å². The summed E-state index contributed by atoms with van der Waals surface area (Å²) in [6, 6.07) is 28.2. The molecule has 0 atom stereocenters. The number of carbonyl (C=O) groups is 2. The Balaban J connectivity index is 1.67. The highest BCUT2D eigenvalue weighted by Crippen LogP contribution is 2.39. The average molecular weight is 393 g/mol. The third-order valence-corrected chi connectivity index (χ3v) is 4.99. The highest BCUT2D eigenvalue weighted by atomic mass is 16.2. The molecule has 5 heteroatoms. The first-order valence-corrected chi connectivity index (χ1v) is 9.60. The smallest absolute Gasteiger partial charge is 0.263 e. The first kappa shape index (κ1) is 19.2. The molecular formula is C25H19N3O2. The predicted octanol–water partition coefficient (Wildman–Crippen LogP) is 3.83. The van der Waals surface area contributed by atoms with Crippen molar-refractivity contribution in [2.75, 3.05) is 4.90 Å². The molecule has 3 aromatic rings. The lowest BCUT2D eigenvalue weighted by atomic mass is 10.0. The van der Waals surface area contributed by atoms with Gasteiger partial charge in [0.05, 0.1) is 17.8 Å². The van der Waals surface area contributed by atoms with Crippen molar-refractivity contribution in [3.8, 4) is 6.07 Å². The van der Waals surface area contributed by atoms with Crippen molar-refractivity contribution in [3.05, 3.63) is 107 Å². The molecule has 1 N–H and O–H groups in total. The number of nitrogens with zero attached hydrogens (tertiary/aromatic N) is 2. The van der Waals surface area contributed by atoms with Gasteiger partial charge in [0.25, 0.3) is 11.8 Å². The summed E-state index contributed by atoms with van der Waals surface area (Å²) < 4.78 is 0. The van der Waals surface area contributed by atoms with E-state index in [0.717, 1.165) is 11.1 Å². The van der Waals surface area contributed by atoms with Gasteiger partial charge in [-0.25, -0.2) is 0 Å². The molecular weight excluding hydrogens is 374 g/mol. The van der Waals surface area contributed by atoms with Crippen LogP contribution in [0.2, 0.25) is 0 Å². The van der Waals surface area contributed by atoms with Crippen LogP contribution in [0.4, 0.5) is 5.69 Å². The quantitative estimate of drug-likeness (QED) is 0.529. The largest absolute Gasteiger partial charge is 0.347 e. The number of hydrogen-bond donors (Lipinski definition) is 1. The molecule has 5 nitrogen and oxygen atoms in total. The molecule has 0 aliphatic carbocycles. The second-order valence-electron chi connectivity index (χ2n) is 6.92. The van der Waals surface area contributed by atoms with Crippen LogP contribution in [0.25, 0.3) is 5.57 Å². The molecule has 1 aliphatic rings. The van der Waals surface area contributed by atoms with Crippen molar-refractivity contribution in [1.29, 1.82) is 5.26 Å². The van der Waals surface area contributed by atoms with Gasteiger partial charge in [-0.1, -0.05) is 78.9 Å². The Morgan fingerprint density at radius 1 is 0.867 bits per heavy atom. The number of hydrogen-bond acceptors (Lipinski definition) is 3. The van der Waals surface area contributed by atoms with Crippen molar-refractivity contribution in [3.63, 3.8) is 0 Å². The van der Waals surface area contributed by atoms with Crippen molar-refractivity contribution in [1.82, 2.24) is 5.32 Å². The molecule has 0 saturated heterocycles. The van der Waals surface area contributed by atoms with E-state index >= 15 is 0 Å². The van der Waals surface area contributed by atoms with E-state index in [0.29, 0.717) is 17.8 Å². The minimum atomic E-state index is -0.555.